The summed E-state index contributed by atoms with van der Waals surface area (Å²) in [6.45, 7) is 1.33. The smallest absolute Gasteiger partial charge is 0.267 e. The van der Waals surface area contributed by atoms with E-state index < -0.39 is 17.9 Å². The second-order valence-electron chi connectivity index (χ2n) is 7.42. The maximum Gasteiger partial charge on any atom is 0.267 e. The summed E-state index contributed by atoms with van der Waals surface area (Å²) in [6, 6.07) is 12.6. The molecule has 0 saturated heterocycles. The van der Waals surface area contributed by atoms with Crippen LogP contribution in [0.3, 0.4) is 0 Å². The lowest BCUT2D eigenvalue weighted by Gasteiger charge is -2.15. The van der Waals surface area contributed by atoms with Crippen LogP contribution >= 0.6 is 0 Å². The van der Waals surface area contributed by atoms with Crippen LogP contribution in [0.2, 0.25) is 0 Å². The van der Waals surface area contributed by atoms with Gasteiger partial charge in [0, 0.05) is 42.6 Å². The van der Waals surface area contributed by atoms with Crippen molar-refractivity contribution in [3.05, 3.63) is 65.2 Å². The Kier molecular flexibility index (Phi) is 10.7. The summed E-state index contributed by atoms with van der Waals surface area (Å²) in [6.07, 6.45) is 0. The van der Waals surface area contributed by atoms with E-state index in [0.29, 0.717) is 30.0 Å². The summed E-state index contributed by atoms with van der Waals surface area (Å²) in [5.41, 5.74) is 9.35. The number of benzene rings is 2. The number of amides is 3. The lowest BCUT2D eigenvalue weighted by molar-refractivity contribution is -0.130. The number of hydroxylamine groups is 1. The fourth-order valence-corrected chi connectivity index (χ4v) is 2.81. The van der Waals surface area contributed by atoms with Crippen molar-refractivity contribution in [3.63, 3.8) is 0 Å². The second-order valence-corrected chi connectivity index (χ2v) is 7.42. The summed E-state index contributed by atoms with van der Waals surface area (Å²) < 4.78 is 5.00. The summed E-state index contributed by atoms with van der Waals surface area (Å²) in [4.78, 5) is 37.6. The van der Waals surface area contributed by atoms with Gasteiger partial charge in [-0.15, -0.1) is 0 Å². The summed E-state index contributed by atoms with van der Waals surface area (Å²) in [7, 11) is 3.47. The normalized spacial score (nSPS) is 11.2. The molecule has 0 heterocycles. The van der Waals surface area contributed by atoms with Gasteiger partial charge in [0.15, 0.2) is 0 Å². The molecule has 0 aliphatic carbocycles. The number of methoxy groups -OCH3 is 1. The Balaban J connectivity index is 1.92. The predicted molar refractivity (Wildman–Crippen MR) is 127 cm³/mol. The molecule has 0 aromatic heterocycles. The number of ether oxygens (including phenoxy) is 1. The van der Waals surface area contributed by atoms with Gasteiger partial charge in [-0.3, -0.25) is 24.5 Å². The summed E-state index contributed by atoms with van der Waals surface area (Å²) >= 11 is 0. The maximum atomic E-state index is 12.2. The van der Waals surface area contributed by atoms with Crippen molar-refractivity contribution in [1.29, 1.82) is 0 Å². The van der Waals surface area contributed by atoms with E-state index in [1.165, 1.54) is 5.48 Å². The van der Waals surface area contributed by atoms with Crippen LogP contribution in [-0.4, -0.2) is 74.3 Å². The van der Waals surface area contributed by atoms with Crippen LogP contribution in [0.15, 0.2) is 48.5 Å². The zero-order valence-electron chi connectivity index (χ0n) is 19.1. The predicted octanol–water partition coefficient (Wildman–Crippen LogP) is 0.166. The molecule has 34 heavy (non-hydrogen) atoms. The van der Waals surface area contributed by atoms with E-state index in [1.54, 1.807) is 55.6 Å². The highest BCUT2D eigenvalue weighted by Gasteiger charge is 2.19. The molecular weight excluding hydrogens is 438 g/mol. The molecule has 0 unspecified atom stereocenters. The number of carbonyl (C=O) groups excluding carboxylic acids is 3. The van der Waals surface area contributed by atoms with Crippen molar-refractivity contribution in [2.45, 2.75) is 6.04 Å². The van der Waals surface area contributed by atoms with E-state index in [-0.39, 0.29) is 19.0 Å². The van der Waals surface area contributed by atoms with E-state index in [2.05, 4.69) is 22.5 Å². The first-order valence-corrected chi connectivity index (χ1v) is 10.5. The number of nitrogens with one attached hydrogen (secondary N) is 3. The van der Waals surface area contributed by atoms with Crippen LogP contribution < -0.4 is 21.8 Å². The second kappa shape index (κ2) is 13.7. The first-order chi connectivity index (χ1) is 16.4. The SMILES string of the molecule is COCCN(C)CC(=O)Nc1ccc(C#Cc2ccc(C(=O)N[C@@H](CN)C(=O)NO)cc2)cc1. The average Bonchev–Trinajstić information content (AvgIpc) is 2.85. The van der Waals surface area contributed by atoms with Crippen LogP contribution in [0.25, 0.3) is 0 Å². The van der Waals surface area contributed by atoms with E-state index in [0.717, 1.165) is 5.56 Å². The first kappa shape index (κ1) is 26.5. The first-order valence-electron chi connectivity index (χ1n) is 10.5. The van der Waals surface area contributed by atoms with Gasteiger partial charge in [-0.2, -0.15) is 0 Å². The standard InChI is InChI=1S/C24H29N5O5/c1-29(13-14-34-2)16-22(30)26-20-11-7-18(8-12-20)4-3-17-5-9-19(10-6-17)23(31)27-21(15-25)24(32)28-33/h5-12,21,33H,13-16,25H2,1-2H3,(H,26,30)(H,27,31)(H,28,32)/t21-/m0/s1. The molecule has 0 aliphatic heterocycles. The largest absolute Gasteiger partial charge is 0.383 e. The minimum Gasteiger partial charge on any atom is -0.383 e. The number of hydrogen-bond donors (Lipinski definition) is 5. The molecule has 0 saturated carbocycles. The molecule has 180 valence electrons. The van der Waals surface area contributed by atoms with Crippen LogP contribution in [0.5, 0.6) is 0 Å². The van der Waals surface area contributed by atoms with Crippen LogP contribution in [-0.2, 0) is 14.3 Å². The molecule has 0 radical (unpaired) electrons. The van der Waals surface area contributed by atoms with Gasteiger partial charge >= 0.3 is 0 Å². The van der Waals surface area contributed by atoms with Crippen molar-refractivity contribution in [1.82, 2.24) is 15.7 Å². The van der Waals surface area contributed by atoms with Crippen molar-refractivity contribution in [2.24, 2.45) is 5.73 Å². The Labute approximate surface area is 198 Å². The molecule has 0 fully saturated rings. The van der Waals surface area contributed by atoms with Gasteiger partial charge in [-0.05, 0) is 55.6 Å². The highest BCUT2D eigenvalue weighted by Crippen LogP contribution is 2.10. The Morgan fingerprint density at radius 2 is 1.65 bits per heavy atom. The Morgan fingerprint density at radius 1 is 1.06 bits per heavy atom. The van der Waals surface area contributed by atoms with Crippen molar-refractivity contribution in [2.75, 3.05) is 45.7 Å². The zero-order chi connectivity index (χ0) is 24.9. The highest BCUT2D eigenvalue weighted by molar-refractivity contribution is 5.97. The quantitative estimate of drug-likeness (QED) is 0.190. The summed E-state index contributed by atoms with van der Waals surface area (Å²) in [5, 5.41) is 14.0. The van der Waals surface area contributed by atoms with Crippen LogP contribution in [0.4, 0.5) is 5.69 Å². The number of nitrogens with two attached hydrogens (primary N) is 1. The van der Waals surface area contributed by atoms with Crippen LogP contribution in [0, 0.1) is 11.8 Å². The third-order valence-corrected chi connectivity index (χ3v) is 4.73. The number of carbonyl (C=O) groups is 3. The van der Waals surface area contributed by atoms with Gasteiger partial charge in [0.25, 0.3) is 11.8 Å². The van der Waals surface area contributed by atoms with Crippen LogP contribution in [0.1, 0.15) is 21.5 Å². The van der Waals surface area contributed by atoms with E-state index in [1.807, 2.05) is 11.9 Å². The van der Waals surface area contributed by atoms with E-state index >= 15 is 0 Å². The molecule has 0 bridgehead atoms. The Morgan fingerprint density at radius 3 is 2.18 bits per heavy atom. The fraction of sp³-hybridized carbons (Fsp3) is 0.292. The minimum absolute atomic E-state index is 0.115. The molecule has 2 rings (SSSR count). The van der Waals surface area contributed by atoms with Gasteiger partial charge in [0.2, 0.25) is 5.91 Å². The molecule has 0 spiro atoms. The molecule has 1 atom stereocenters. The number of anilines is 1. The fourth-order valence-electron chi connectivity index (χ4n) is 2.81. The van der Waals surface area contributed by atoms with Crippen molar-refractivity contribution >= 4 is 23.4 Å². The van der Waals surface area contributed by atoms with Gasteiger partial charge in [0.1, 0.15) is 6.04 Å². The van der Waals surface area contributed by atoms with Crippen molar-refractivity contribution < 1.29 is 24.3 Å². The third-order valence-electron chi connectivity index (χ3n) is 4.73. The van der Waals surface area contributed by atoms with E-state index in [9.17, 15) is 14.4 Å². The van der Waals surface area contributed by atoms with Gasteiger partial charge in [-0.1, -0.05) is 11.8 Å². The molecule has 2 aromatic rings. The highest BCUT2D eigenvalue weighted by atomic mass is 16.5. The van der Waals surface area contributed by atoms with Gasteiger partial charge in [-0.25, -0.2) is 5.48 Å². The molecule has 3 amide bonds. The summed E-state index contributed by atoms with van der Waals surface area (Å²) in [5.74, 6) is 4.63. The van der Waals surface area contributed by atoms with Gasteiger partial charge in [0.05, 0.1) is 13.2 Å². The molecule has 10 nitrogen and oxygen atoms in total. The topological polar surface area (TPSA) is 146 Å². The molecule has 2 aromatic carbocycles. The molecule has 10 heteroatoms. The minimum atomic E-state index is -1.04. The Bertz CT molecular complexity index is 1030. The third kappa shape index (κ3) is 8.65. The average molecular weight is 468 g/mol. The number of hydrogen-bond acceptors (Lipinski definition) is 7. The lowest BCUT2D eigenvalue weighted by atomic mass is 10.1. The maximum absolute atomic E-state index is 12.2. The van der Waals surface area contributed by atoms with Gasteiger partial charge < -0.3 is 21.1 Å². The molecular formula is C24H29N5O5. The van der Waals surface area contributed by atoms with Crippen molar-refractivity contribution in [3.8, 4) is 11.8 Å². The number of rotatable bonds is 10. The number of likely N-dealkylation sites (N-methyl/N-ethyl adjacent to an activating group) is 1. The lowest BCUT2D eigenvalue weighted by Crippen LogP contribution is -2.50. The monoisotopic (exact) mass is 467 g/mol. The Hall–Kier alpha value is -3.75. The molecule has 0 aliphatic rings. The number of nitrogens with zero attached hydrogens (tertiary/aromatic N) is 1. The zero-order valence-corrected chi connectivity index (χ0v) is 19.1. The van der Waals surface area contributed by atoms with E-state index in [4.69, 9.17) is 15.7 Å². The molecule has 6 N–H and O–H groups in total.